The fraction of sp³-hybridized carbons (Fsp3) is 0.500. The smallest absolute Gasteiger partial charge is 0.254 e. The van der Waals surface area contributed by atoms with Gasteiger partial charge in [-0.05, 0) is 36.8 Å². The molecule has 1 fully saturated rings. The lowest BCUT2D eigenvalue weighted by Gasteiger charge is -2.14. The second-order valence-corrected chi connectivity index (χ2v) is 5.00. The Morgan fingerprint density at radius 1 is 1.53 bits per heavy atom. The number of amides is 1. The molecule has 0 radical (unpaired) electrons. The summed E-state index contributed by atoms with van der Waals surface area (Å²) in [5, 5.41) is 11.7. The van der Waals surface area contributed by atoms with Crippen molar-refractivity contribution in [2.24, 2.45) is 5.41 Å². The van der Waals surface area contributed by atoms with Crippen molar-refractivity contribution < 1.29 is 19.0 Å². The molecule has 104 valence electrons. The summed E-state index contributed by atoms with van der Waals surface area (Å²) in [4.78, 5) is 11.9. The Morgan fingerprint density at radius 2 is 2.26 bits per heavy atom. The van der Waals surface area contributed by atoms with E-state index in [4.69, 9.17) is 9.84 Å². The maximum atomic E-state index is 13.7. The standard InChI is InChI=1S/C14H18FNO3/c1-19-10-2-3-11(12(15)8-10)13(18)16-9-14(4-5-14)6-7-17/h2-3,8,17H,4-7,9H2,1H3,(H,16,18). The molecule has 5 heteroatoms. The molecule has 1 aliphatic rings. The zero-order chi connectivity index (χ0) is 13.9. The van der Waals surface area contributed by atoms with Crippen molar-refractivity contribution in [1.82, 2.24) is 5.32 Å². The van der Waals surface area contributed by atoms with E-state index in [1.165, 1.54) is 19.2 Å². The highest BCUT2D eigenvalue weighted by atomic mass is 19.1. The first-order valence-corrected chi connectivity index (χ1v) is 6.33. The molecule has 0 atom stereocenters. The molecule has 4 nitrogen and oxygen atoms in total. The summed E-state index contributed by atoms with van der Waals surface area (Å²) in [6.45, 7) is 0.602. The molecule has 1 saturated carbocycles. The summed E-state index contributed by atoms with van der Waals surface area (Å²) in [7, 11) is 1.44. The van der Waals surface area contributed by atoms with E-state index in [1.807, 2.05) is 0 Å². The number of methoxy groups -OCH3 is 1. The third-order valence-corrected chi connectivity index (χ3v) is 3.64. The summed E-state index contributed by atoms with van der Waals surface area (Å²) in [6.07, 6.45) is 2.68. The highest BCUT2D eigenvalue weighted by Gasteiger charge is 2.41. The summed E-state index contributed by atoms with van der Waals surface area (Å²) < 4.78 is 18.6. The molecule has 0 spiro atoms. The predicted molar refractivity (Wildman–Crippen MR) is 68.7 cm³/mol. The van der Waals surface area contributed by atoms with Crippen LogP contribution in [0.4, 0.5) is 4.39 Å². The SMILES string of the molecule is COc1ccc(C(=O)NCC2(CCO)CC2)c(F)c1. The van der Waals surface area contributed by atoms with Gasteiger partial charge >= 0.3 is 0 Å². The molecule has 1 aliphatic carbocycles. The van der Waals surface area contributed by atoms with Gasteiger partial charge in [0.15, 0.2) is 0 Å². The second-order valence-electron chi connectivity index (χ2n) is 5.00. The molecule has 2 N–H and O–H groups in total. The van der Waals surface area contributed by atoms with Crippen LogP contribution in [0.5, 0.6) is 5.75 Å². The van der Waals surface area contributed by atoms with Crippen molar-refractivity contribution in [2.75, 3.05) is 20.3 Å². The number of hydrogen-bond acceptors (Lipinski definition) is 3. The average Bonchev–Trinajstić information content (AvgIpc) is 3.16. The van der Waals surface area contributed by atoms with Gasteiger partial charge in [-0.1, -0.05) is 0 Å². The Labute approximate surface area is 111 Å². The maximum Gasteiger partial charge on any atom is 0.254 e. The van der Waals surface area contributed by atoms with E-state index in [0.717, 1.165) is 12.8 Å². The summed E-state index contributed by atoms with van der Waals surface area (Å²) in [5.41, 5.74) is 0.0356. The second kappa shape index (κ2) is 5.57. The van der Waals surface area contributed by atoms with Crippen molar-refractivity contribution in [2.45, 2.75) is 19.3 Å². The first kappa shape index (κ1) is 13.8. The third kappa shape index (κ3) is 3.23. The van der Waals surface area contributed by atoms with Gasteiger partial charge in [-0.2, -0.15) is 0 Å². The van der Waals surface area contributed by atoms with Crippen molar-refractivity contribution in [3.63, 3.8) is 0 Å². The molecule has 19 heavy (non-hydrogen) atoms. The largest absolute Gasteiger partial charge is 0.497 e. The van der Waals surface area contributed by atoms with Gasteiger partial charge in [0.1, 0.15) is 11.6 Å². The van der Waals surface area contributed by atoms with Crippen LogP contribution < -0.4 is 10.1 Å². The van der Waals surface area contributed by atoms with Gasteiger partial charge < -0.3 is 15.2 Å². The van der Waals surface area contributed by atoms with Crippen LogP contribution in [-0.4, -0.2) is 31.3 Å². The molecule has 1 aromatic rings. The van der Waals surface area contributed by atoms with Crippen LogP contribution in [-0.2, 0) is 0 Å². The molecule has 0 bridgehead atoms. The number of halogens is 1. The fourth-order valence-electron chi connectivity index (χ4n) is 2.10. The zero-order valence-corrected chi connectivity index (χ0v) is 10.9. The number of hydrogen-bond donors (Lipinski definition) is 2. The molecule has 2 rings (SSSR count). The molecular formula is C14H18FNO3. The Hall–Kier alpha value is -1.62. The van der Waals surface area contributed by atoms with Crippen LogP contribution in [0.15, 0.2) is 18.2 Å². The summed E-state index contributed by atoms with van der Waals surface area (Å²) in [6, 6.07) is 4.16. The minimum absolute atomic E-state index is 0.0144. The number of aliphatic hydroxyl groups excluding tert-OH is 1. The first-order chi connectivity index (χ1) is 9.10. The minimum atomic E-state index is -0.594. The molecule has 0 unspecified atom stereocenters. The summed E-state index contributed by atoms with van der Waals surface area (Å²) >= 11 is 0. The minimum Gasteiger partial charge on any atom is -0.497 e. The topological polar surface area (TPSA) is 58.6 Å². The number of ether oxygens (including phenoxy) is 1. The van der Waals surface area contributed by atoms with Crippen LogP contribution in [0.2, 0.25) is 0 Å². The van der Waals surface area contributed by atoms with Crippen molar-refractivity contribution in [3.05, 3.63) is 29.6 Å². The van der Waals surface area contributed by atoms with E-state index in [1.54, 1.807) is 6.07 Å². The van der Waals surface area contributed by atoms with Crippen molar-refractivity contribution in [1.29, 1.82) is 0 Å². The molecule has 0 aliphatic heterocycles. The van der Waals surface area contributed by atoms with E-state index in [2.05, 4.69) is 5.32 Å². The number of carbonyl (C=O) groups excluding carboxylic acids is 1. The Kier molecular flexibility index (Phi) is 4.04. The predicted octanol–water partition coefficient (Wildman–Crippen LogP) is 1.73. The Balaban J connectivity index is 1.96. The average molecular weight is 267 g/mol. The van der Waals surface area contributed by atoms with Gasteiger partial charge in [0.25, 0.3) is 5.91 Å². The fourth-order valence-corrected chi connectivity index (χ4v) is 2.10. The van der Waals surface area contributed by atoms with Crippen LogP contribution in [0.1, 0.15) is 29.6 Å². The van der Waals surface area contributed by atoms with E-state index in [0.29, 0.717) is 18.7 Å². The van der Waals surface area contributed by atoms with Gasteiger partial charge in [-0.25, -0.2) is 4.39 Å². The van der Waals surface area contributed by atoms with Crippen LogP contribution in [0, 0.1) is 11.2 Å². The van der Waals surface area contributed by atoms with Crippen LogP contribution in [0.3, 0.4) is 0 Å². The van der Waals surface area contributed by atoms with Gasteiger partial charge in [-0.3, -0.25) is 4.79 Å². The lowest BCUT2D eigenvalue weighted by Crippen LogP contribution is -2.31. The number of benzene rings is 1. The van der Waals surface area contributed by atoms with Crippen molar-refractivity contribution in [3.8, 4) is 5.75 Å². The highest BCUT2D eigenvalue weighted by molar-refractivity contribution is 5.94. The number of rotatable bonds is 6. The molecule has 1 aromatic carbocycles. The third-order valence-electron chi connectivity index (χ3n) is 3.64. The van der Waals surface area contributed by atoms with Crippen LogP contribution >= 0.6 is 0 Å². The van der Waals surface area contributed by atoms with E-state index < -0.39 is 11.7 Å². The normalized spacial score (nSPS) is 15.9. The molecule has 0 saturated heterocycles. The van der Waals surface area contributed by atoms with Gasteiger partial charge in [0.05, 0.1) is 12.7 Å². The molecule has 0 aromatic heterocycles. The maximum absolute atomic E-state index is 13.7. The van der Waals surface area contributed by atoms with E-state index in [9.17, 15) is 9.18 Å². The van der Waals surface area contributed by atoms with Crippen molar-refractivity contribution >= 4 is 5.91 Å². The number of aliphatic hydroxyl groups is 1. The zero-order valence-electron chi connectivity index (χ0n) is 10.9. The van der Waals surface area contributed by atoms with Gasteiger partial charge in [0, 0.05) is 19.2 Å². The Morgan fingerprint density at radius 3 is 2.79 bits per heavy atom. The summed E-state index contributed by atoms with van der Waals surface area (Å²) in [5.74, 6) is -0.638. The first-order valence-electron chi connectivity index (χ1n) is 6.33. The lowest BCUT2D eigenvalue weighted by atomic mass is 10.0. The van der Waals surface area contributed by atoms with Crippen LogP contribution in [0.25, 0.3) is 0 Å². The highest BCUT2D eigenvalue weighted by Crippen LogP contribution is 2.47. The number of carbonyl (C=O) groups is 1. The van der Waals surface area contributed by atoms with Gasteiger partial charge in [-0.15, -0.1) is 0 Å². The number of nitrogens with one attached hydrogen (secondary N) is 1. The van der Waals surface area contributed by atoms with E-state index >= 15 is 0 Å². The molecular weight excluding hydrogens is 249 g/mol. The van der Waals surface area contributed by atoms with E-state index in [-0.39, 0.29) is 17.6 Å². The quantitative estimate of drug-likeness (QED) is 0.825. The van der Waals surface area contributed by atoms with Gasteiger partial charge in [0.2, 0.25) is 0 Å². The molecule has 1 amide bonds. The lowest BCUT2D eigenvalue weighted by molar-refractivity contribution is 0.0936. The molecule has 0 heterocycles. The monoisotopic (exact) mass is 267 g/mol. The Bertz CT molecular complexity index is 472.